The van der Waals surface area contributed by atoms with Crippen LogP contribution in [0, 0.1) is 0 Å². The molecular weight excluding hydrogens is 168 g/mol. The molecule has 0 nitrogen and oxygen atoms in total. The minimum absolute atomic E-state index is 1.10. The molecule has 0 spiro atoms. The summed E-state index contributed by atoms with van der Waals surface area (Å²) in [5.74, 6) is 0. The highest BCUT2D eigenvalue weighted by Gasteiger charge is 1.92. The molecule has 0 aliphatic carbocycles. The van der Waals surface area contributed by atoms with Crippen LogP contribution in [0.3, 0.4) is 0 Å². The average Bonchev–Trinajstić information content (AvgIpc) is 2.21. The van der Waals surface area contributed by atoms with E-state index in [1.807, 2.05) is 6.08 Å². The quantitative estimate of drug-likeness (QED) is 0.496. The lowest BCUT2D eigenvalue weighted by molar-refractivity contribution is 0.883. The molecule has 0 aliphatic heterocycles. The molecule has 0 radical (unpaired) electrons. The third kappa shape index (κ3) is 6.71. The fourth-order valence-electron chi connectivity index (χ4n) is 1.46. The Hall–Kier alpha value is -0.780. The molecule has 0 N–H and O–H groups in total. The highest BCUT2D eigenvalue weighted by Crippen LogP contribution is 2.12. The zero-order valence-electron chi connectivity index (χ0n) is 9.97. The normalized spacial score (nSPS) is 13.1. The minimum atomic E-state index is 1.10. The Morgan fingerprint density at radius 2 is 1.93 bits per heavy atom. The van der Waals surface area contributed by atoms with Crippen molar-refractivity contribution < 1.29 is 0 Å². The highest BCUT2D eigenvalue weighted by molar-refractivity contribution is 5.04. The van der Waals surface area contributed by atoms with Crippen LogP contribution in [-0.4, -0.2) is 0 Å². The Kier molecular flexibility index (Phi) is 8.31. The lowest BCUT2D eigenvalue weighted by atomic mass is 10.0. The first-order valence-electron chi connectivity index (χ1n) is 5.65. The van der Waals surface area contributed by atoms with Crippen molar-refractivity contribution in [3.05, 3.63) is 36.0 Å². The summed E-state index contributed by atoms with van der Waals surface area (Å²) in [4.78, 5) is 0. The third-order valence-corrected chi connectivity index (χ3v) is 2.56. The van der Waals surface area contributed by atoms with Gasteiger partial charge < -0.3 is 0 Å². The van der Waals surface area contributed by atoms with Crippen LogP contribution in [-0.2, 0) is 0 Å². The van der Waals surface area contributed by atoms with Crippen LogP contribution >= 0.6 is 0 Å². The summed E-state index contributed by atoms with van der Waals surface area (Å²) in [6.45, 7) is 10.3. The topological polar surface area (TPSA) is 0 Å². The summed E-state index contributed by atoms with van der Waals surface area (Å²) >= 11 is 0. The van der Waals surface area contributed by atoms with E-state index < -0.39 is 0 Å². The van der Waals surface area contributed by atoms with E-state index in [9.17, 15) is 0 Å². The van der Waals surface area contributed by atoms with Crippen LogP contribution in [0.5, 0.6) is 0 Å². The molecule has 0 bridgehead atoms. The fourth-order valence-corrected chi connectivity index (χ4v) is 1.46. The van der Waals surface area contributed by atoms with Gasteiger partial charge in [0.25, 0.3) is 0 Å². The Labute approximate surface area is 89.4 Å². The van der Waals surface area contributed by atoms with Gasteiger partial charge in [-0.3, -0.25) is 0 Å². The van der Waals surface area contributed by atoms with Crippen LogP contribution in [0.25, 0.3) is 0 Å². The van der Waals surface area contributed by atoms with Gasteiger partial charge >= 0.3 is 0 Å². The molecule has 0 aromatic heterocycles. The van der Waals surface area contributed by atoms with Crippen molar-refractivity contribution in [1.29, 1.82) is 0 Å². The number of hydrogen-bond acceptors (Lipinski definition) is 0. The summed E-state index contributed by atoms with van der Waals surface area (Å²) in [6, 6.07) is 0. The lowest BCUT2D eigenvalue weighted by Gasteiger charge is -2.02. The molecule has 0 heteroatoms. The second-order valence-corrected chi connectivity index (χ2v) is 3.72. The first kappa shape index (κ1) is 13.2. The van der Waals surface area contributed by atoms with E-state index in [0.717, 1.165) is 6.42 Å². The molecule has 14 heavy (non-hydrogen) atoms. The zero-order chi connectivity index (χ0) is 10.8. The Morgan fingerprint density at radius 1 is 1.21 bits per heavy atom. The van der Waals surface area contributed by atoms with Gasteiger partial charge in [0.2, 0.25) is 0 Å². The van der Waals surface area contributed by atoms with Gasteiger partial charge in [0.15, 0.2) is 0 Å². The van der Waals surface area contributed by atoms with Gasteiger partial charge in [-0.25, -0.2) is 0 Å². The van der Waals surface area contributed by atoms with Crippen molar-refractivity contribution in [2.75, 3.05) is 0 Å². The van der Waals surface area contributed by atoms with Crippen LogP contribution in [0.4, 0.5) is 0 Å². The summed E-state index contributed by atoms with van der Waals surface area (Å²) in [7, 11) is 0. The molecule has 0 amide bonds. The standard InChI is InChI=1S/C14H24/c1-5-8-10-13(4)11-9-12-14(6-2)7-3/h5-6,11H,1,7-10,12H2,2-4H3. The zero-order valence-corrected chi connectivity index (χ0v) is 9.97. The predicted molar refractivity (Wildman–Crippen MR) is 66.5 cm³/mol. The van der Waals surface area contributed by atoms with Crippen molar-refractivity contribution in [2.45, 2.75) is 52.9 Å². The minimum Gasteiger partial charge on any atom is -0.103 e. The smallest absolute Gasteiger partial charge is 0.0286 e. The molecule has 0 atom stereocenters. The second kappa shape index (κ2) is 8.80. The molecular formula is C14H24. The average molecular weight is 192 g/mol. The van der Waals surface area contributed by atoms with Crippen LogP contribution in [0.1, 0.15) is 52.9 Å². The Bertz CT molecular complexity index is 206. The van der Waals surface area contributed by atoms with E-state index in [1.54, 1.807) is 5.57 Å². The molecule has 0 aromatic rings. The summed E-state index contributed by atoms with van der Waals surface area (Å²) in [5.41, 5.74) is 3.06. The first-order valence-corrected chi connectivity index (χ1v) is 5.65. The van der Waals surface area contributed by atoms with E-state index in [-0.39, 0.29) is 0 Å². The van der Waals surface area contributed by atoms with Gasteiger partial charge in [-0.2, -0.15) is 0 Å². The van der Waals surface area contributed by atoms with Gasteiger partial charge in [0.1, 0.15) is 0 Å². The van der Waals surface area contributed by atoms with Crippen molar-refractivity contribution in [3.8, 4) is 0 Å². The Balaban J connectivity index is 3.74. The SMILES string of the molecule is C=CCCC(C)=CCCC(=CC)CC. The second-order valence-electron chi connectivity index (χ2n) is 3.72. The molecule has 0 heterocycles. The Morgan fingerprint density at radius 3 is 2.43 bits per heavy atom. The van der Waals surface area contributed by atoms with Gasteiger partial charge in [-0.1, -0.05) is 36.3 Å². The molecule has 0 saturated heterocycles. The van der Waals surface area contributed by atoms with E-state index in [1.165, 1.54) is 31.3 Å². The highest BCUT2D eigenvalue weighted by atomic mass is 14.0. The van der Waals surface area contributed by atoms with E-state index >= 15 is 0 Å². The monoisotopic (exact) mass is 192 g/mol. The van der Waals surface area contributed by atoms with Gasteiger partial charge in [-0.05, 0) is 46.0 Å². The fraction of sp³-hybridized carbons (Fsp3) is 0.571. The van der Waals surface area contributed by atoms with Crippen molar-refractivity contribution in [1.82, 2.24) is 0 Å². The molecule has 0 aromatic carbocycles. The molecule has 80 valence electrons. The van der Waals surface area contributed by atoms with Crippen molar-refractivity contribution in [3.63, 3.8) is 0 Å². The molecule has 0 aliphatic rings. The van der Waals surface area contributed by atoms with Gasteiger partial charge in [-0.15, -0.1) is 6.58 Å². The maximum atomic E-state index is 3.73. The van der Waals surface area contributed by atoms with Crippen molar-refractivity contribution in [2.24, 2.45) is 0 Å². The van der Waals surface area contributed by atoms with Crippen LogP contribution in [0.15, 0.2) is 36.0 Å². The van der Waals surface area contributed by atoms with E-state index in [4.69, 9.17) is 0 Å². The van der Waals surface area contributed by atoms with Gasteiger partial charge in [0.05, 0.1) is 0 Å². The predicted octanol–water partition coefficient (Wildman–Crippen LogP) is 5.04. The van der Waals surface area contributed by atoms with E-state index in [0.29, 0.717) is 0 Å². The summed E-state index contributed by atoms with van der Waals surface area (Å²) in [5, 5.41) is 0. The van der Waals surface area contributed by atoms with E-state index in [2.05, 4.69) is 39.5 Å². The molecule has 0 unspecified atom stereocenters. The van der Waals surface area contributed by atoms with Crippen LogP contribution in [0.2, 0.25) is 0 Å². The maximum Gasteiger partial charge on any atom is -0.0286 e. The third-order valence-electron chi connectivity index (χ3n) is 2.56. The lowest BCUT2D eigenvalue weighted by Crippen LogP contribution is -1.81. The molecule has 0 rings (SSSR count). The molecule has 0 saturated carbocycles. The number of hydrogen-bond donors (Lipinski definition) is 0. The first-order chi connectivity index (χ1) is 6.74. The van der Waals surface area contributed by atoms with Crippen molar-refractivity contribution >= 4 is 0 Å². The summed E-state index contributed by atoms with van der Waals surface area (Å²) < 4.78 is 0. The summed E-state index contributed by atoms with van der Waals surface area (Å²) in [6.07, 6.45) is 12.5. The maximum absolute atomic E-state index is 3.73. The molecule has 0 fully saturated rings. The number of rotatable bonds is 7. The van der Waals surface area contributed by atoms with Gasteiger partial charge in [0, 0.05) is 0 Å². The van der Waals surface area contributed by atoms with Crippen LogP contribution < -0.4 is 0 Å². The largest absolute Gasteiger partial charge is 0.103 e. The number of allylic oxidation sites excluding steroid dienone is 5.